The minimum atomic E-state index is -1.65. The first kappa shape index (κ1) is 16.6. The highest BCUT2D eigenvalue weighted by Crippen LogP contribution is 2.49. The van der Waals surface area contributed by atoms with Crippen molar-refractivity contribution in [3.05, 3.63) is 71.8 Å². The van der Waals surface area contributed by atoms with E-state index in [2.05, 4.69) is 0 Å². The highest BCUT2D eigenvalue weighted by molar-refractivity contribution is 7.47. The fourth-order valence-electron chi connectivity index (χ4n) is 2.73. The number of rotatable bonds is 7. The van der Waals surface area contributed by atoms with Crippen LogP contribution < -0.4 is 0 Å². The van der Waals surface area contributed by atoms with Crippen molar-refractivity contribution in [1.82, 2.24) is 0 Å². The lowest BCUT2D eigenvalue weighted by atomic mass is 10.1. The molecule has 2 aromatic carbocycles. The van der Waals surface area contributed by atoms with E-state index in [0.717, 1.165) is 12.0 Å². The molecular formula is C19H22O2P+. The number of hydrogen-bond donors (Lipinski definition) is 0. The first-order valence-corrected chi connectivity index (χ1v) is 9.18. The molecule has 0 fully saturated rings. The van der Waals surface area contributed by atoms with Crippen LogP contribution >= 0.6 is 7.80 Å². The van der Waals surface area contributed by atoms with Crippen LogP contribution in [0.3, 0.4) is 0 Å². The second-order valence-corrected chi connectivity index (χ2v) is 7.32. The summed E-state index contributed by atoms with van der Waals surface area (Å²) in [7, 11) is -1.65. The summed E-state index contributed by atoms with van der Waals surface area (Å²) in [6.07, 6.45) is 1.38. The number of hydrogen-bond acceptors (Lipinski definition) is 2. The highest BCUT2D eigenvalue weighted by Gasteiger charge is 2.42. The Morgan fingerprint density at radius 1 is 0.909 bits per heavy atom. The molecular weight excluding hydrogens is 291 g/mol. The van der Waals surface area contributed by atoms with Crippen molar-refractivity contribution in [1.29, 1.82) is 0 Å². The average Bonchev–Trinajstić information content (AvgIpc) is 2.58. The Kier molecular flexibility index (Phi) is 6.03. The Balaban J connectivity index is 2.26. The summed E-state index contributed by atoms with van der Waals surface area (Å²) in [5, 5.41) is 0. The van der Waals surface area contributed by atoms with E-state index in [9.17, 15) is 9.36 Å². The lowest BCUT2D eigenvalue weighted by molar-refractivity contribution is 0.0985. The summed E-state index contributed by atoms with van der Waals surface area (Å²) < 4.78 is 13.0. The van der Waals surface area contributed by atoms with E-state index in [4.69, 9.17) is 0 Å². The Labute approximate surface area is 133 Å². The maximum absolute atomic E-state index is 13.0. The molecule has 0 aromatic heterocycles. The third-order valence-corrected chi connectivity index (χ3v) is 6.42. The van der Waals surface area contributed by atoms with Gasteiger partial charge in [0.15, 0.2) is 5.66 Å². The fourth-order valence-corrected chi connectivity index (χ4v) is 4.73. The van der Waals surface area contributed by atoms with Gasteiger partial charge in [-0.05, 0) is 12.8 Å². The van der Waals surface area contributed by atoms with Crippen LogP contribution in [0.2, 0.25) is 0 Å². The molecule has 0 spiro atoms. The van der Waals surface area contributed by atoms with Gasteiger partial charge in [-0.3, -0.25) is 4.79 Å². The molecule has 22 heavy (non-hydrogen) atoms. The standard InChI is InChI=1S/C19H22O2P/c1-3-17(15-11-7-5-8-12-15)22(21)18(4-2)19(20)16-13-9-6-10-14-16/h5-14,17-18H,3-4H2,1-2H3/q+1. The summed E-state index contributed by atoms with van der Waals surface area (Å²) in [6.45, 7) is 3.97. The van der Waals surface area contributed by atoms with E-state index in [1.54, 1.807) is 12.1 Å². The van der Waals surface area contributed by atoms with Gasteiger partial charge in [0.05, 0.1) is 0 Å². The molecule has 0 saturated carbocycles. The van der Waals surface area contributed by atoms with Gasteiger partial charge >= 0.3 is 7.80 Å². The second-order valence-electron chi connectivity index (χ2n) is 5.35. The topological polar surface area (TPSA) is 34.1 Å². The predicted molar refractivity (Wildman–Crippen MR) is 91.9 cm³/mol. The van der Waals surface area contributed by atoms with E-state index >= 15 is 0 Å². The molecule has 2 rings (SSSR count). The monoisotopic (exact) mass is 313 g/mol. The molecule has 114 valence electrons. The summed E-state index contributed by atoms with van der Waals surface area (Å²) in [5.41, 5.74) is 1.24. The summed E-state index contributed by atoms with van der Waals surface area (Å²) in [6, 6.07) is 19.1. The maximum Gasteiger partial charge on any atom is 0.357 e. The second kappa shape index (κ2) is 8.00. The van der Waals surface area contributed by atoms with Crippen molar-refractivity contribution in [3.8, 4) is 0 Å². The number of benzene rings is 2. The molecule has 3 heteroatoms. The highest BCUT2D eigenvalue weighted by atomic mass is 31.1. The van der Waals surface area contributed by atoms with Crippen LogP contribution in [-0.2, 0) is 4.57 Å². The molecule has 0 aliphatic rings. The van der Waals surface area contributed by atoms with Gasteiger partial charge in [-0.15, -0.1) is 0 Å². The lowest BCUT2D eigenvalue weighted by Crippen LogP contribution is -2.18. The maximum atomic E-state index is 13.0. The minimum absolute atomic E-state index is 0.00130. The number of ketones is 1. The summed E-state index contributed by atoms with van der Waals surface area (Å²) in [4.78, 5) is 12.7. The van der Waals surface area contributed by atoms with Crippen LogP contribution in [-0.4, -0.2) is 11.4 Å². The molecule has 0 saturated heterocycles. The molecule has 2 nitrogen and oxygen atoms in total. The lowest BCUT2D eigenvalue weighted by Gasteiger charge is -2.11. The van der Waals surface area contributed by atoms with Crippen LogP contribution in [0.25, 0.3) is 0 Å². The zero-order chi connectivity index (χ0) is 15.9. The molecule has 3 atom stereocenters. The van der Waals surface area contributed by atoms with Crippen LogP contribution in [0.5, 0.6) is 0 Å². The van der Waals surface area contributed by atoms with Crippen molar-refractivity contribution >= 4 is 13.6 Å². The molecule has 0 heterocycles. The van der Waals surface area contributed by atoms with Crippen molar-refractivity contribution in [2.24, 2.45) is 0 Å². The zero-order valence-corrected chi connectivity index (χ0v) is 14.0. The van der Waals surface area contributed by atoms with Gasteiger partial charge in [-0.1, -0.05) is 79.1 Å². The summed E-state index contributed by atoms with van der Waals surface area (Å²) in [5.74, 6) is -0.00130. The van der Waals surface area contributed by atoms with Crippen LogP contribution in [0.15, 0.2) is 60.7 Å². The van der Waals surface area contributed by atoms with Gasteiger partial charge in [0, 0.05) is 11.1 Å². The van der Waals surface area contributed by atoms with Crippen molar-refractivity contribution in [3.63, 3.8) is 0 Å². The molecule has 0 bridgehead atoms. The van der Waals surface area contributed by atoms with E-state index in [0.29, 0.717) is 12.0 Å². The van der Waals surface area contributed by atoms with Gasteiger partial charge in [-0.25, -0.2) is 0 Å². The van der Waals surface area contributed by atoms with Gasteiger partial charge in [0.1, 0.15) is 0 Å². The smallest absolute Gasteiger partial charge is 0.289 e. The van der Waals surface area contributed by atoms with E-state index in [1.165, 1.54) is 0 Å². The van der Waals surface area contributed by atoms with E-state index in [1.807, 2.05) is 62.4 Å². The first-order chi connectivity index (χ1) is 10.7. The SMILES string of the molecule is CCC(C(=O)c1ccccc1)[P+](=O)C(CC)c1ccccc1. The Hall–Kier alpha value is -1.79. The first-order valence-electron chi connectivity index (χ1n) is 7.78. The van der Waals surface area contributed by atoms with Crippen molar-refractivity contribution in [2.45, 2.75) is 38.0 Å². The zero-order valence-electron chi connectivity index (χ0n) is 13.1. The number of Topliss-reactive ketones (excluding diaryl/α,β-unsaturated/α-hetero) is 1. The van der Waals surface area contributed by atoms with Gasteiger partial charge < -0.3 is 0 Å². The molecule has 0 amide bonds. The minimum Gasteiger partial charge on any atom is -0.289 e. The molecule has 2 aromatic rings. The normalized spacial score (nSPS) is 14.2. The number of carbonyl (C=O) groups is 1. The van der Waals surface area contributed by atoms with Gasteiger partial charge in [0.25, 0.3) is 0 Å². The molecule has 0 radical (unpaired) electrons. The van der Waals surface area contributed by atoms with Crippen molar-refractivity contribution < 1.29 is 9.36 Å². The van der Waals surface area contributed by atoms with Gasteiger partial charge in [0.2, 0.25) is 11.4 Å². The average molecular weight is 313 g/mol. The van der Waals surface area contributed by atoms with Crippen LogP contribution in [0.4, 0.5) is 0 Å². The van der Waals surface area contributed by atoms with Crippen molar-refractivity contribution in [2.75, 3.05) is 0 Å². The van der Waals surface area contributed by atoms with E-state index in [-0.39, 0.29) is 11.4 Å². The Morgan fingerprint density at radius 3 is 1.95 bits per heavy atom. The fraction of sp³-hybridized carbons (Fsp3) is 0.316. The Morgan fingerprint density at radius 2 is 1.45 bits per heavy atom. The largest absolute Gasteiger partial charge is 0.357 e. The predicted octanol–water partition coefficient (Wildman–Crippen LogP) is 5.63. The van der Waals surface area contributed by atoms with Gasteiger partial charge in [-0.2, -0.15) is 0 Å². The molecule has 3 unspecified atom stereocenters. The number of carbonyl (C=O) groups excluding carboxylic acids is 1. The third kappa shape index (κ3) is 3.69. The molecule has 0 aliphatic carbocycles. The van der Waals surface area contributed by atoms with Crippen LogP contribution in [0, 0.1) is 0 Å². The summed E-state index contributed by atoms with van der Waals surface area (Å²) >= 11 is 0. The van der Waals surface area contributed by atoms with E-state index < -0.39 is 13.5 Å². The third-order valence-electron chi connectivity index (χ3n) is 3.93. The Bertz CT molecular complexity index is 622. The van der Waals surface area contributed by atoms with Crippen LogP contribution in [0.1, 0.15) is 48.3 Å². The molecule has 0 N–H and O–H groups in total. The molecule has 0 aliphatic heterocycles. The quantitative estimate of drug-likeness (QED) is 0.490.